The van der Waals surface area contributed by atoms with Crippen LogP contribution in [0.3, 0.4) is 0 Å². The van der Waals surface area contributed by atoms with E-state index in [2.05, 4.69) is 20.9 Å². The smallest absolute Gasteiger partial charge is 0.261 e. The molecule has 0 atom stereocenters. The van der Waals surface area contributed by atoms with Gasteiger partial charge in [-0.3, -0.25) is 19.7 Å². The number of benzene rings is 2. The number of hydrogen-bond acceptors (Lipinski definition) is 8. The summed E-state index contributed by atoms with van der Waals surface area (Å²) in [7, 11) is 2.98. The summed E-state index contributed by atoms with van der Waals surface area (Å²) >= 11 is 2.71. The minimum atomic E-state index is -0.354. The molecule has 0 saturated carbocycles. The lowest BCUT2D eigenvalue weighted by molar-refractivity contribution is -0.114. The summed E-state index contributed by atoms with van der Waals surface area (Å²) in [6.07, 6.45) is 0. The zero-order chi connectivity index (χ0) is 24.5. The molecule has 0 aliphatic heterocycles. The summed E-state index contributed by atoms with van der Waals surface area (Å²) in [4.78, 5) is 40.3. The van der Waals surface area contributed by atoms with Crippen LogP contribution in [-0.4, -0.2) is 42.7 Å². The van der Waals surface area contributed by atoms with Crippen molar-refractivity contribution >= 4 is 57.3 Å². The van der Waals surface area contributed by atoms with Crippen molar-refractivity contribution in [3.63, 3.8) is 0 Å². The Morgan fingerprint density at radius 3 is 2.32 bits per heavy atom. The van der Waals surface area contributed by atoms with E-state index in [1.165, 1.54) is 44.2 Å². The summed E-state index contributed by atoms with van der Waals surface area (Å²) in [6.45, 7) is 1.43. The van der Waals surface area contributed by atoms with Gasteiger partial charge >= 0.3 is 0 Å². The molecule has 0 bridgehead atoms. The van der Waals surface area contributed by atoms with Crippen LogP contribution in [0.4, 0.5) is 16.5 Å². The van der Waals surface area contributed by atoms with E-state index in [9.17, 15) is 14.4 Å². The van der Waals surface area contributed by atoms with Crippen molar-refractivity contribution in [2.75, 3.05) is 35.9 Å². The summed E-state index contributed by atoms with van der Waals surface area (Å²) in [5, 5.41) is 10.5. The van der Waals surface area contributed by atoms with Crippen molar-refractivity contribution in [2.45, 2.75) is 12.7 Å². The molecule has 3 rings (SSSR count). The number of anilines is 3. The van der Waals surface area contributed by atoms with E-state index in [1.54, 1.807) is 42.5 Å². The molecule has 0 aliphatic carbocycles. The Labute approximate surface area is 205 Å². The normalized spacial score (nSPS) is 10.3. The van der Waals surface area contributed by atoms with Gasteiger partial charge in [-0.2, -0.15) is 0 Å². The van der Waals surface area contributed by atoms with Crippen LogP contribution in [0, 0.1) is 0 Å². The van der Waals surface area contributed by atoms with E-state index in [-0.39, 0.29) is 23.5 Å². The molecule has 1 heterocycles. The molecular formula is C23H24N4O5S2. The van der Waals surface area contributed by atoms with Crippen molar-refractivity contribution in [3.05, 3.63) is 59.1 Å². The summed E-state index contributed by atoms with van der Waals surface area (Å²) in [6, 6.07) is 12.0. The molecule has 0 radical (unpaired) electrons. The number of carbonyl (C=O) groups is 3. The van der Waals surface area contributed by atoms with Crippen LogP contribution >= 0.6 is 23.1 Å². The highest BCUT2D eigenvalue weighted by atomic mass is 32.2. The number of thiazole rings is 1. The van der Waals surface area contributed by atoms with E-state index < -0.39 is 0 Å². The van der Waals surface area contributed by atoms with Gasteiger partial charge in [0.25, 0.3) is 5.91 Å². The maximum Gasteiger partial charge on any atom is 0.261 e. The number of amides is 3. The number of methoxy groups -OCH3 is 2. The average Bonchev–Trinajstić information content (AvgIpc) is 3.26. The molecule has 0 spiro atoms. The van der Waals surface area contributed by atoms with Crippen LogP contribution in [0.25, 0.3) is 0 Å². The van der Waals surface area contributed by atoms with Gasteiger partial charge in [0.15, 0.2) is 16.6 Å². The van der Waals surface area contributed by atoms with Gasteiger partial charge in [-0.05, 0) is 36.4 Å². The third kappa shape index (κ3) is 6.96. The molecule has 3 aromatic rings. The molecule has 3 N–H and O–H groups in total. The minimum absolute atomic E-state index is 0.147. The second-order valence-electron chi connectivity index (χ2n) is 6.94. The number of hydrogen-bond donors (Lipinski definition) is 3. The largest absolute Gasteiger partial charge is 0.493 e. The molecule has 1 aromatic heterocycles. The van der Waals surface area contributed by atoms with Gasteiger partial charge < -0.3 is 20.1 Å². The zero-order valence-electron chi connectivity index (χ0n) is 18.8. The van der Waals surface area contributed by atoms with Gasteiger partial charge in [0, 0.05) is 29.4 Å². The molecule has 0 saturated heterocycles. The monoisotopic (exact) mass is 500 g/mol. The molecule has 0 aliphatic rings. The first-order chi connectivity index (χ1) is 16.4. The number of carbonyl (C=O) groups excluding carboxylic acids is 3. The highest BCUT2D eigenvalue weighted by Gasteiger charge is 2.17. The Hall–Kier alpha value is -3.57. The highest BCUT2D eigenvalue weighted by Crippen LogP contribution is 2.31. The van der Waals surface area contributed by atoms with Crippen LogP contribution in [0.1, 0.15) is 23.0 Å². The standard InChI is InChI=1S/C23H24N4O5S2/c1-14(28)24-15-7-9-16(10-8-15)25-20(29)13-33-11-17-12-34-23(26-17)27-22(30)18-5-4-6-19(31-2)21(18)32-3/h4-10,12H,11,13H2,1-3H3,(H,24,28)(H,25,29)(H,26,27,30). The number of aromatic nitrogens is 1. The Kier molecular flexibility index (Phi) is 8.88. The molecule has 2 aromatic carbocycles. The molecule has 9 nitrogen and oxygen atoms in total. The molecule has 34 heavy (non-hydrogen) atoms. The molecule has 3 amide bonds. The van der Waals surface area contributed by atoms with Gasteiger partial charge in [0.05, 0.1) is 31.2 Å². The minimum Gasteiger partial charge on any atom is -0.493 e. The highest BCUT2D eigenvalue weighted by molar-refractivity contribution is 7.99. The quantitative estimate of drug-likeness (QED) is 0.381. The van der Waals surface area contributed by atoms with Gasteiger partial charge in [-0.15, -0.1) is 23.1 Å². The first-order valence-electron chi connectivity index (χ1n) is 10.1. The first kappa shape index (κ1) is 25.1. The fourth-order valence-corrected chi connectivity index (χ4v) is 4.47. The SMILES string of the molecule is COc1cccc(C(=O)Nc2nc(CSCC(=O)Nc3ccc(NC(C)=O)cc3)cs2)c1OC. The third-order valence-corrected chi connectivity index (χ3v) is 6.16. The number of nitrogens with zero attached hydrogens (tertiary/aromatic N) is 1. The molecule has 0 fully saturated rings. The molecular weight excluding hydrogens is 476 g/mol. The number of ether oxygens (including phenoxy) is 2. The predicted octanol–water partition coefficient (Wildman–Crippen LogP) is 4.24. The number of para-hydroxylation sites is 1. The van der Waals surface area contributed by atoms with E-state index in [0.29, 0.717) is 39.3 Å². The van der Waals surface area contributed by atoms with Crippen molar-refractivity contribution in [1.29, 1.82) is 0 Å². The lowest BCUT2D eigenvalue weighted by Gasteiger charge is -2.11. The van der Waals surface area contributed by atoms with Crippen molar-refractivity contribution in [3.8, 4) is 11.5 Å². The second-order valence-corrected chi connectivity index (χ2v) is 8.78. The lowest BCUT2D eigenvalue weighted by atomic mass is 10.1. The van der Waals surface area contributed by atoms with E-state index in [4.69, 9.17) is 9.47 Å². The molecule has 0 unspecified atom stereocenters. The van der Waals surface area contributed by atoms with Gasteiger partial charge in [0.2, 0.25) is 11.8 Å². The Morgan fingerprint density at radius 2 is 1.68 bits per heavy atom. The van der Waals surface area contributed by atoms with E-state index >= 15 is 0 Å². The Balaban J connectivity index is 1.47. The van der Waals surface area contributed by atoms with Crippen LogP contribution in [0.5, 0.6) is 11.5 Å². The first-order valence-corrected chi connectivity index (χ1v) is 12.1. The zero-order valence-corrected chi connectivity index (χ0v) is 20.5. The van der Waals surface area contributed by atoms with Gasteiger partial charge in [-0.1, -0.05) is 6.07 Å². The Morgan fingerprint density at radius 1 is 0.971 bits per heavy atom. The summed E-state index contributed by atoms with van der Waals surface area (Å²) in [5.74, 6) is 0.925. The van der Waals surface area contributed by atoms with Gasteiger partial charge in [0.1, 0.15) is 0 Å². The van der Waals surface area contributed by atoms with Crippen LogP contribution in [0.2, 0.25) is 0 Å². The Bertz CT molecular complexity index is 1160. The topological polar surface area (TPSA) is 119 Å². The van der Waals surface area contributed by atoms with Crippen molar-refractivity contribution < 1.29 is 23.9 Å². The van der Waals surface area contributed by atoms with E-state index in [0.717, 1.165) is 5.69 Å². The maximum atomic E-state index is 12.7. The number of thioether (sulfide) groups is 1. The predicted molar refractivity (Wildman–Crippen MR) is 135 cm³/mol. The number of rotatable bonds is 10. The fraction of sp³-hybridized carbons (Fsp3) is 0.217. The number of nitrogens with one attached hydrogen (secondary N) is 3. The molecule has 11 heteroatoms. The van der Waals surface area contributed by atoms with E-state index in [1.807, 2.05) is 5.38 Å². The summed E-state index contributed by atoms with van der Waals surface area (Å²) < 4.78 is 10.5. The molecule has 178 valence electrons. The van der Waals surface area contributed by atoms with Crippen LogP contribution < -0.4 is 25.4 Å². The van der Waals surface area contributed by atoms with Crippen LogP contribution in [-0.2, 0) is 15.3 Å². The second kappa shape index (κ2) is 12.1. The van der Waals surface area contributed by atoms with Crippen molar-refractivity contribution in [2.24, 2.45) is 0 Å². The fourth-order valence-electron chi connectivity index (χ4n) is 2.95. The third-order valence-electron chi connectivity index (χ3n) is 4.39. The maximum absolute atomic E-state index is 12.7. The lowest BCUT2D eigenvalue weighted by Crippen LogP contribution is -2.14. The van der Waals surface area contributed by atoms with Crippen molar-refractivity contribution in [1.82, 2.24) is 4.98 Å². The van der Waals surface area contributed by atoms with Crippen LogP contribution in [0.15, 0.2) is 47.8 Å². The van der Waals surface area contributed by atoms with Gasteiger partial charge in [-0.25, -0.2) is 4.98 Å². The summed E-state index contributed by atoms with van der Waals surface area (Å²) in [5.41, 5.74) is 2.41. The average molecular weight is 501 g/mol.